The molecule has 2 aromatic rings. The number of benzene rings is 1. The van der Waals surface area contributed by atoms with Crippen LogP contribution in [0.2, 0.25) is 0 Å². The van der Waals surface area contributed by atoms with Crippen LogP contribution in [-0.2, 0) is 5.54 Å². The van der Waals surface area contributed by atoms with E-state index in [0.29, 0.717) is 0 Å². The summed E-state index contributed by atoms with van der Waals surface area (Å²) in [5.74, 6) is -5.79. The molecule has 5 N–H and O–H groups in total. The number of anilines is 1. The number of nitrogens with two attached hydrogens (primary N) is 1. The molecule has 4 rings (SSSR count). The molecule has 2 heterocycles. The molecule has 1 atom stereocenters. The van der Waals surface area contributed by atoms with E-state index in [1.54, 1.807) is 0 Å². The Morgan fingerprint density at radius 1 is 1.25 bits per heavy atom. The second-order valence-corrected chi connectivity index (χ2v) is 11.6. The number of rotatable bonds is 5. The maximum absolute atomic E-state index is 14.9. The van der Waals surface area contributed by atoms with Crippen molar-refractivity contribution >= 4 is 28.0 Å². The number of ether oxygens (including phenoxy) is 1. The topological polar surface area (TPSA) is 130 Å². The van der Waals surface area contributed by atoms with Crippen LogP contribution in [0, 0.1) is 12.7 Å². The SMILES string of the molecule is Cc1cc(OC(F)F)cnc1C(=O)Nc1ccc(F)c([C@]2(C)CS(O)(O)C3(CC(F)(F)C3)C(N)=N2)c1. The molecule has 1 spiro atoms. The highest BCUT2D eigenvalue weighted by molar-refractivity contribution is 8.26. The van der Waals surface area contributed by atoms with Crippen LogP contribution < -0.4 is 15.8 Å². The molecule has 8 nitrogen and oxygen atoms in total. The van der Waals surface area contributed by atoms with Crippen LogP contribution >= 0.6 is 10.6 Å². The Morgan fingerprint density at radius 2 is 1.92 bits per heavy atom. The summed E-state index contributed by atoms with van der Waals surface area (Å²) in [5, 5.41) is 2.51. The van der Waals surface area contributed by atoms with Crippen molar-refractivity contribution in [1.29, 1.82) is 0 Å². The van der Waals surface area contributed by atoms with Gasteiger partial charge in [-0.2, -0.15) is 19.4 Å². The zero-order valence-electron chi connectivity index (χ0n) is 19.1. The normalized spacial score (nSPS) is 24.6. The van der Waals surface area contributed by atoms with Gasteiger partial charge in [0.2, 0.25) is 0 Å². The third-order valence-electron chi connectivity index (χ3n) is 6.33. The smallest absolute Gasteiger partial charge is 0.387 e. The van der Waals surface area contributed by atoms with Gasteiger partial charge < -0.3 is 15.8 Å². The average molecular weight is 535 g/mol. The van der Waals surface area contributed by atoms with Crippen LogP contribution in [0.25, 0.3) is 0 Å². The van der Waals surface area contributed by atoms with Crippen molar-refractivity contribution in [3.8, 4) is 5.75 Å². The summed E-state index contributed by atoms with van der Waals surface area (Å²) in [5.41, 5.74) is 4.41. The third kappa shape index (κ3) is 4.48. The van der Waals surface area contributed by atoms with Crippen LogP contribution in [-0.4, -0.2) is 48.9 Å². The molecule has 1 aliphatic heterocycles. The number of nitrogens with one attached hydrogen (secondary N) is 1. The third-order valence-corrected chi connectivity index (χ3v) is 9.04. The van der Waals surface area contributed by atoms with Crippen LogP contribution in [0.4, 0.5) is 27.6 Å². The second-order valence-electron chi connectivity index (χ2n) is 9.15. The zero-order chi connectivity index (χ0) is 26.7. The van der Waals surface area contributed by atoms with Gasteiger partial charge in [-0.15, -0.1) is 0 Å². The van der Waals surface area contributed by atoms with E-state index in [1.165, 1.54) is 32.0 Å². The number of aromatic nitrogens is 1. The summed E-state index contributed by atoms with van der Waals surface area (Å²) in [7, 11) is -3.74. The van der Waals surface area contributed by atoms with Gasteiger partial charge in [0.25, 0.3) is 11.8 Å². The van der Waals surface area contributed by atoms with Gasteiger partial charge in [0, 0.05) is 24.1 Å². The molecule has 1 amide bonds. The van der Waals surface area contributed by atoms with E-state index in [0.717, 1.165) is 12.3 Å². The van der Waals surface area contributed by atoms with Gasteiger partial charge in [-0.05, 0) is 43.7 Å². The first kappa shape index (κ1) is 26.1. The fourth-order valence-electron chi connectivity index (χ4n) is 4.59. The molecule has 0 radical (unpaired) electrons. The van der Waals surface area contributed by atoms with Crippen molar-refractivity contribution in [3.63, 3.8) is 0 Å². The summed E-state index contributed by atoms with van der Waals surface area (Å²) >= 11 is 0. The Morgan fingerprint density at radius 3 is 2.47 bits per heavy atom. The summed E-state index contributed by atoms with van der Waals surface area (Å²) in [6.07, 6.45) is -0.769. The first-order chi connectivity index (χ1) is 16.6. The monoisotopic (exact) mass is 534 g/mol. The lowest BCUT2D eigenvalue weighted by molar-refractivity contribution is -0.0848. The maximum Gasteiger partial charge on any atom is 0.387 e. The minimum Gasteiger partial charge on any atom is -0.433 e. The summed E-state index contributed by atoms with van der Waals surface area (Å²) in [6.45, 7) is -0.216. The minimum absolute atomic E-state index is 0.0902. The van der Waals surface area contributed by atoms with Gasteiger partial charge in [-0.1, -0.05) is 0 Å². The molecule has 1 aliphatic carbocycles. The Balaban J connectivity index is 1.62. The molecule has 2 aliphatic rings. The predicted molar refractivity (Wildman–Crippen MR) is 124 cm³/mol. The van der Waals surface area contributed by atoms with Crippen molar-refractivity contribution < 1.29 is 40.6 Å². The quantitative estimate of drug-likeness (QED) is 0.405. The number of nitrogens with zero attached hydrogens (tertiary/aromatic N) is 2. The molecule has 196 valence electrons. The molecule has 36 heavy (non-hydrogen) atoms. The van der Waals surface area contributed by atoms with Crippen molar-refractivity contribution in [1.82, 2.24) is 4.98 Å². The molecule has 1 aromatic carbocycles. The molecule has 1 aromatic heterocycles. The van der Waals surface area contributed by atoms with E-state index in [2.05, 4.69) is 20.0 Å². The maximum atomic E-state index is 14.9. The Hall–Kier alpha value is -2.97. The minimum atomic E-state index is -3.74. The summed E-state index contributed by atoms with van der Waals surface area (Å²) < 4.78 is 91.0. The highest BCUT2D eigenvalue weighted by Gasteiger charge is 2.68. The molecular formula is C22H23F5N4O4S. The van der Waals surface area contributed by atoms with Crippen LogP contribution in [0.5, 0.6) is 5.75 Å². The number of carbonyl (C=O) groups is 1. The number of hydrogen-bond acceptors (Lipinski definition) is 7. The first-order valence-electron chi connectivity index (χ1n) is 10.6. The highest BCUT2D eigenvalue weighted by Crippen LogP contribution is 2.70. The number of amidine groups is 1. The lowest BCUT2D eigenvalue weighted by Crippen LogP contribution is -2.65. The summed E-state index contributed by atoms with van der Waals surface area (Å²) in [6, 6.07) is 4.69. The largest absolute Gasteiger partial charge is 0.433 e. The lowest BCUT2D eigenvalue weighted by atomic mass is 9.78. The van der Waals surface area contributed by atoms with Gasteiger partial charge in [0.15, 0.2) is 0 Å². The van der Waals surface area contributed by atoms with Crippen LogP contribution in [0.15, 0.2) is 35.5 Å². The molecule has 1 fully saturated rings. The lowest BCUT2D eigenvalue weighted by Gasteiger charge is -2.61. The van der Waals surface area contributed by atoms with Crippen molar-refractivity contribution in [2.24, 2.45) is 10.7 Å². The number of carbonyl (C=O) groups excluding carboxylic acids is 1. The predicted octanol–water partition coefficient (Wildman–Crippen LogP) is 4.89. The number of hydrogen-bond donors (Lipinski definition) is 4. The molecular weight excluding hydrogens is 511 g/mol. The van der Waals surface area contributed by atoms with Crippen molar-refractivity contribution in [2.45, 2.75) is 49.5 Å². The molecule has 0 unspecified atom stereocenters. The van der Waals surface area contributed by atoms with E-state index in [1.807, 2.05) is 0 Å². The van der Waals surface area contributed by atoms with Crippen LogP contribution in [0.1, 0.15) is 41.4 Å². The van der Waals surface area contributed by atoms with E-state index in [4.69, 9.17) is 5.73 Å². The fraction of sp³-hybridized carbons (Fsp3) is 0.409. The van der Waals surface area contributed by atoms with Crippen molar-refractivity contribution in [2.75, 3.05) is 11.1 Å². The van der Waals surface area contributed by atoms with Gasteiger partial charge in [0.1, 0.15) is 33.4 Å². The average Bonchev–Trinajstić information content (AvgIpc) is 2.71. The van der Waals surface area contributed by atoms with E-state index < -0.39 is 63.7 Å². The Bertz CT molecular complexity index is 1250. The van der Waals surface area contributed by atoms with Gasteiger partial charge in [0.05, 0.1) is 11.9 Å². The number of pyridine rings is 1. The van der Waals surface area contributed by atoms with Gasteiger partial charge in [-0.3, -0.25) is 18.9 Å². The number of halogens is 5. The number of amides is 1. The standard InChI is InChI=1S/C22H23F5N4O4S/c1-11-5-13(35-19(24)25)7-29-16(11)17(32)30-12-3-4-15(23)14(6-12)20(2)10-36(33,34)21(18(28)31-20)8-22(26,27)9-21/h3-7,19,33-34H,8-10H2,1-2H3,(H2,28,31)(H,30,32)/t20-/m0/s1. The van der Waals surface area contributed by atoms with E-state index in [-0.39, 0.29) is 34.1 Å². The molecule has 0 saturated heterocycles. The number of alkyl halides is 4. The highest BCUT2D eigenvalue weighted by atomic mass is 32.3. The Kier molecular flexibility index (Phi) is 6.21. The number of aryl methyl sites for hydroxylation is 1. The fourth-order valence-corrected chi connectivity index (χ4v) is 7.14. The second kappa shape index (κ2) is 8.56. The first-order valence-corrected chi connectivity index (χ1v) is 12.3. The zero-order valence-corrected chi connectivity index (χ0v) is 19.9. The van der Waals surface area contributed by atoms with E-state index in [9.17, 15) is 35.9 Å². The molecule has 14 heteroatoms. The molecule has 1 saturated carbocycles. The van der Waals surface area contributed by atoms with E-state index >= 15 is 0 Å². The Labute approximate surface area is 204 Å². The molecule has 0 bridgehead atoms. The van der Waals surface area contributed by atoms with Crippen LogP contribution in [0.3, 0.4) is 0 Å². The van der Waals surface area contributed by atoms with Gasteiger partial charge in [-0.25, -0.2) is 18.2 Å². The van der Waals surface area contributed by atoms with Gasteiger partial charge >= 0.3 is 6.61 Å². The summed E-state index contributed by atoms with van der Waals surface area (Å²) in [4.78, 5) is 20.8. The number of aliphatic imine (C=N–C) groups is 1. The van der Waals surface area contributed by atoms with Crippen molar-refractivity contribution in [3.05, 3.63) is 53.1 Å².